The molecule has 0 bridgehead atoms. The lowest BCUT2D eigenvalue weighted by Crippen LogP contribution is -2.45. The average molecular weight is 257 g/mol. The molecule has 2 N–H and O–H groups in total. The van der Waals surface area contributed by atoms with Crippen molar-refractivity contribution in [1.82, 2.24) is 15.5 Å². The van der Waals surface area contributed by atoms with E-state index in [1.54, 1.807) is 0 Å². The number of hydrogen-bond donors (Lipinski definition) is 2. The van der Waals surface area contributed by atoms with Crippen molar-refractivity contribution in [2.45, 2.75) is 12.5 Å². The van der Waals surface area contributed by atoms with Crippen molar-refractivity contribution in [2.75, 3.05) is 59.2 Å². The minimum atomic E-state index is 0.103. The fourth-order valence-electron chi connectivity index (χ4n) is 2.22. The zero-order valence-electron chi connectivity index (χ0n) is 10.8. The van der Waals surface area contributed by atoms with Gasteiger partial charge in [-0.25, -0.2) is 0 Å². The third kappa shape index (κ3) is 4.89. The summed E-state index contributed by atoms with van der Waals surface area (Å²) in [7, 11) is 0. The van der Waals surface area contributed by atoms with E-state index >= 15 is 0 Å². The molecule has 0 radical (unpaired) electrons. The summed E-state index contributed by atoms with van der Waals surface area (Å²) in [6, 6.07) is 0.169. The molecule has 2 heterocycles. The van der Waals surface area contributed by atoms with Gasteiger partial charge in [0.25, 0.3) is 0 Å². The van der Waals surface area contributed by atoms with E-state index in [1.165, 1.54) is 0 Å². The molecule has 6 heteroatoms. The van der Waals surface area contributed by atoms with Gasteiger partial charge in [-0.3, -0.25) is 9.69 Å². The van der Waals surface area contributed by atoms with Crippen LogP contribution >= 0.6 is 0 Å². The van der Waals surface area contributed by atoms with Gasteiger partial charge in [0.2, 0.25) is 5.91 Å². The summed E-state index contributed by atoms with van der Waals surface area (Å²) in [5.74, 6) is 0.103. The molecule has 2 saturated heterocycles. The Kier molecular flexibility index (Phi) is 5.86. The van der Waals surface area contributed by atoms with Crippen molar-refractivity contribution < 1.29 is 14.3 Å². The number of nitrogens with zero attached hydrogens (tertiary/aromatic N) is 1. The summed E-state index contributed by atoms with van der Waals surface area (Å²) in [5, 5.41) is 6.24. The average Bonchev–Trinajstić information content (AvgIpc) is 2.41. The van der Waals surface area contributed by atoms with Crippen LogP contribution in [-0.2, 0) is 14.3 Å². The Balaban J connectivity index is 1.53. The highest BCUT2D eigenvalue weighted by atomic mass is 16.5. The maximum atomic E-state index is 11.7. The van der Waals surface area contributed by atoms with Crippen molar-refractivity contribution >= 4 is 5.91 Å². The summed E-state index contributed by atoms with van der Waals surface area (Å²) in [4.78, 5) is 14.0. The Morgan fingerprint density at radius 3 is 2.83 bits per heavy atom. The van der Waals surface area contributed by atoms with E-state index in [-0.39, 0.29) is 11.9 Å². The first-order chi connectivity index (χ1) is 8.84. The molecule has 0 saturated carbocycles. The second-order valence-corrected chi connectivity index (χ2v) is 4.73. The number of hydrogen-bond acceptors (Lipinski definition) is 5. The summed E-state index contributed by atoms with van der Waals surface area (Å²) in [6.07, 6.45) is 0.503. The van der Waals surface area contributed by atoms with Gasteiger partial charge < -0.3 is 20.1 Å². The summed E-state index contributed by atoms with van der Waals surface area (Å²) < 4.78 is 10.6. The molecular weight excluding hydrogens is 234 g/mol. The van der Waals surface area contributed by atoms with Crippen LogP contribution < -0.4 is 10.6 Å². The summed E-state index contributed by atoms with van der Waals surface area (Å²) >= 11 is 0. The molecule has 0 spiro atoms. The second-order valence-electron chi connectivity index (χ2n) is 4.73. The SMILES string of the molecule is O=C(CC1COCCN1)NCCN1CCOCC1. The van der Waals surface area contributed by atoms with Crippen LogP contribution in [0.25, 0.3) is 0 Å². The maximum Gasteiger partial charge on any atom is 0.221 e. The van der Waals surface area contributed by atoms with Crippen molar-refractivity contribution in [2.24, 2.45) is 0 Å². The van der Waals surface area contributed by atoms with Crippen LogP contribution in [-0.4, -0.2) is 76.0 Å². The van der Waals surface area contributed by atoms with Gasteiger partial charge in [0, 0.05) is 45.2 Å². The van der Waals surface area contributed by atoms with Gasteiger partial charge in [-0.2, -0.15) is 0 Å². The number of rotatable bonds is 5. The van der Waals surface area contributed by atoms with E-state index in [1.807, 2.05) is 0 Å². The van der Waals surface area contributed by atoms with Gasteiger partial charge in [-0.15, -0.1) is 0 Å². The van der Waals surface area contributed by atoms with Gasteiger partial charge in [0.1, 0.15) is 0 Å². The predicted molar refractivity (Wildman–Crippen MR) is 67.5 cm³/mol. The highest BCUT2D eigenvalue weighted by Crippen LogP contribution is 1.98. The first-order valence-corrected chi connectivity index (χ1v) is 6.72. The monoisotopic (exact) mass is 257 g/mol. The van der Waals surface area contributed by atoms with E-state index in [9.17, 15) is 4.79 Å². The zero-order valence-corrected chi connectivity index (χ0v) is 10.8. The van der Waals surface area contributed by atoms with E-state index in [0.717, 1.165) is 46.0 Å². The minimum Gasteiger partial charge on any atom is -0.379 e. The van der Waals surface area contributed by atoms with Crippen molar-refractivity contribution in [3.63, 3.8) is 0 Å². The molecular formula is C12H23N3O3. The Morgan fingerprint density at radius 2 is 2.11 bits per heavy atom. The summed E-state index contributed by atoms with van der Waals surface area (Å²) in [6.45, 7) is 7.38. The van der Waals surface area contributed by atoms with E-state index < -0.39 is 0 Å². The van der Waals surface area contributed by atoms with Gasteiger partial charge in [0.15, 0.2) is 0 Å². The molecule has 1 unspecified atom stereocenters. The normalized spacial score (nSPS) is 25.9. The van der Waals surface area contributed by atoms with Crippen molar-refractivity contribution in [3.8, 4) is 0 Å². The molecule has 18 heavy (non-hydrogen) atoms. The molecule has 0 aromatic rings. The predicted octanol–water partition coefficient (Wildman–Crippen LogP) is -1.19. The highest BCUT2D eigenvalue weighted by molar-refractivity contribution is 5.76. The lowest BCUT2D eigenvalue weighted by atomic mass is 10.2. The van der Waals surface area contributed by atoms with E-state index in [2.05, 4.69) is 15.5 Å². The quantitative estimate of drug-likeness (QED) is 0.649. The minimum absolute atomic E-state index is 0.103. The Bertz CT molecular complexity index is 251. The number of nitrogens with one attached hydrogen (secondary N) is 2. The molecule has 2 fully saturated rings. The molecule has 0 aromatic carbocycles. The fourth-order valence-corrected chi connectivity index (χ4v) is 2.22. The summed E-state index contributed by atoms with van der Waals surface area (Å²) in [5.41, 5.74) is 0. The third-order valence-electron chi connectivity index (χ3n) is 3.28. The van der Waals surface area contributed by atoms with Crippen molar-refractivity contribution in [1.29, 1.82) is 0 Å². The molecule has 104 valence electrons. The number of amides is 1. The number of morpholine rings is 2. The smallest absolute Gasteiger partial charge is 0.221 e. The van der Waals surface area contributed by atoms with Gasteiger partial charge >= 0.3 is 0 Å². The lowest BCUT2D eigenvalue weighted by Gasteiger charge is -2.27. The number of carbonyl (C=O) groups excluding carboxylic acids is 1. The van der Waals surface area contributed by atoms with Crippen LogP contribution in [0, 0.1) is 0 Å². The Morgan fingerprint density at radius 1 is 1.28 bits per heavy atom. The zero-order chi connectivity index (χ0) is 12.6. The van der Waals surface area contributed by atoms with Crippen molar-refractivity contribution in [3.05, 3.63) is 0 Å². The van der Waals surface area contributed by atoms with E-state index in [0.29, 0.717) is 19.6 Å². The van der Waals surface area contributed by atoms with Crippen LogP contribution in [0.4, 0.5) is 0 Å². The molecule has 1 amide bonds. The van der Waals surface area contributed by atoms with Crippen LogP contribution in [0.1, 0.15) is 6.42 Å². The Labute approximate surface area is 108 Å². The number of carbonyl (C=O) groups is 1. The maximum absolute atomic E-state index is 11.7. The first-order valence-electron chi connectivity index (χ1n) is 6.72. The van der Waals surface area contributed by atoms with Gasteiger partial charge in [0.05, 0.1) is 26.4 Å². The first kappa shape index (κ1) is 13.7. The van der Waals surface area contributed by atoms with Crippen LogP contribution in [0.5, 0.6) is 0 Å². The molecule has 6 nitrogen and oxygen atoms in total. The molecule has 2 aliphatic heterocycles. The lowest BCUT2D eigenvalue weighted by molar-refractivity contribution is -0.122. The standard InChI is InChI=1S/C12H23N3O3/c16-12(9-11-10-18-6-2-13-11)14-1-3-15-4-7-17-8-5-15/h11,13H,1-10H2,(H,14,16). The van der Waals surface area contributed by atoms with Gasteiger partial charge in [-0.05, 0) is 0 Å². The van der Waals surface area contributed by atoms with Gasteiger partial charge in [-0.1, -0.05) is 0 Å². The Hall–Kier alpha value is -0.690. The largest absolute Gasteiger partial charge is 0.379 e. The van der Waals surface area contributed by atoms with E-state index in [4.69, 9.17) is 9.47 Å². The molecule has 2 rings (SSSR count). The second kappa shape index (κ2) is 7.68. The molecule has 1 atom stereocenters. The van der Waals surface area contributed by atoms with Crippen LogP contribution in [0.15, 0.2) is 0 Å². The molecule has 0 aliphatic carbocycles. The van der Waals surface area contributed by atoms with Crippen LogP contribution in [0.2, 0.25) is 0 Å². The molecule has 0 aromatic heterocycles. The fraction of sp³-hybridized carbons (Fsp3) is 0.917. The molecule has 2 aliphatic rings. The topological polar surface area (TPSA) is 62.8 Å². The third-order valence-corrected chi connectivity index (χ3v) is 3.28. The van der Waals surface area contributed by atoms with Crippen LogP contribution in [0.3, 0.4) is 0 Å². The number of ether oxygens (including phenoxy) is 2. The highest BCUT2D eigenvalue weighted by Gasteiger charge is 2.16.